The molecule has 0 N–H and O–H groups in total. The van der Waals surface area contributed by atoms with Gasteiger partial charge in [-0.15, -0.1) is 0 Å². The predicted octanol–water partition coefficient (Wildman–Crippen LogP) is 1.12. The lowest BCUT2D eigenvalue weighted by Gasteiger charge is -2.18. The van der Waals surface area contributed by atoms with Gasteiger partial charge in [0.25, 0.3) is 12.1 Å². The number of aliphatic imine (C=N–C) groups is 2. The van der Waals surface area contributed by atoms with Gasteiger partial charge in [-0.3, -0.25) is 19.2 Å². The number of amidine groups is 1. The molecule has 162 valence electrons. The maximum absolute atomic E-state index is 13.1. The summed E-state index contributed by atoms with van der Waals surface area (Å²) in [5.41, 5.74) is 1.74. The van der Waals surface area contributed by atoms with Crippen molar-refractivity contribution in [3.63, 3.8) is 0 Å². The Morgan fingerprint density at radius 2 is 2.00 bits per heavy atom. The van der Waals surface area contributed by atoms with Crippen LogP contribution >= 0.6 is 11.8 Å². The largest absolute Gasteiger partial charge is 0.861 e. The van der Waals surface area contributed by atoms with Crippen molar-refractivity contribution >= 4 is 46.4 Å². The molecule has 11 heteroatoms. The summed E-state index contributed by atoms with van der Waals surface area (Å²) in [7, 11) is 3.54. The van der Waals surface area contributed by atoms with Gasteiger partial charge in [0, 0.05) is 18.1 Å². The first kappa shape index (κ1) is 21.2. The number of aromatic nitrogens is 3. The van der Waals surface area contributed by atoms with Crippen molar-refractivity contribution in [1.82, 2.24) is 10.3 Å². The molecule has 3 heterocycles. The molecular weight excluding hydrogens is 430 g/mol. The minimum Gasteiger partial charge on any atom is -0.861 e. The summed E-state index contributed by atoms with van der Waals surface area (Å²) in [6.07, 6.45) is 6.47. The number of hydrogen-bond acceptors (Lipinski definition) is 9. The molecule has 4 rings (SSSR count). The van der Waals surface area contributed by atoms with Crippen LogP contribution in [0.5, 0.6) is 0 Å². The zero-order valence-electron chi connectivity index (χ0n) is 17.3. The van der Waals surface area contributed by atoms with Crippen LogP contribution in [0.15, 0.2) is 81.3 Å². The van der Waals surface area contributed by atoms with E-state index in [1.165, 1.54) is 15.9 Å². The molecule has 0 saturated carbocycles. The first-order valence-electron chi connectivity index (χ1n) is 9.55. The number of nitrogens with zero attached hydrogens (tertiary/aromatic N) is 7. The molecule has 0 spiro atoms. The van der Waals surface area contributed by atoms with Gasteiger partial charge in [-0.05, 0) is 41.8 Å². The zero-order chi connectivity index (χ0) is 22.5. The number of carbonyl (C=O) groups excluding carboxylic acids is 1. The van der Waals surface area contributed by atoms with Crippen LogP contribution < -0.4 is 19.8 Å². The highest BCUT2D eigenvalue weighted by molar-refractivity contribution is 8.14. The molecule has 0 unspecified atom stereocenters. The zero-order valence-corrected chi connectivity index (χ0v) is 18.1. The SMILES string of the molecule is CN(C)[n+]1cc(/N=C(/[O-])CSC2=N/C(=C/c3ccncc3)C(=O)N2c2ccccc2)on1. The van der Waals surface area contributed by atoms with E-state index in [9.17, 15) is 9.90 Å². The van der Waals surface area contributed by atoms with Crippen molar-refractivity contribution in [2.75, 3.05) is 29.8 Å². The van der Waals surface area contributed by atoms with Crippen LogP contribution in [0.3, 0.4) is 0 Å². The minimum atomic E-state index is -0.438. The second-order valence-electron chi connectivity index (χ2n) is 6.78. The number of carbonyl (C=O) groups is 1. The Morgan fingerprint density at radius 1 is 1.25 bits per heavy atom. The monoisotopic (exact) mass is 449 g/mol. The number of pyridine rings is 1. The first-order chi connectivity index (χ1) is 15.5. The summed E-state index contributed by atoms with van der Waals surface area (Å²) in [4.78, 5) is 28.4. The minimum absolute atomic E-state index is 0.0271. The Kier molecular flexibility index (Phi) is 6.26. The van der Waals surface area contributed by atoms with Gasteiger partial charge in [0.05, 0.1) is 24.6 Å². The molecule has 32 heavy (non-hydrogen) atoms. The highest BCUT2D eigenvalue weighted by Crippen LogP contribution is 2.29. The van der Waals surface area contributed by atoms with Crippen LogP contribution in [-0.4, -0.2) is 47.1 Å². The highest BCUT2D eigenvalue weighted by atomic mass is 32.2. The summed E-state index contributed by atoms with van der Waals surface area (Å²) >= 11 is 1.12. The van der Waals surface area contributed by atoms with Crippen molar-refractivity contribution in [2.24, 2.45) is 9.98 Å². The van der Waals surface area contributed by atoms with Crippen molar-refractivity contribution in [3.8, 4) is 0 Å². The molecule has 0 radical (unpaired) electrons. The Labute approximate surface area is 188 Å². The number of benzene rings is 1. The number of amides is 1. The van der Waals surface area contributed by atoms with E-state index in [0.29, 0.717) is 10.9 Å². The molecule has 3 aromatic rings. The second kappa shape index (κ2) is 9.43. The maximum Gasteiger partial charge on any atom is 0.324 e. The van der Waals surface area contributed by atoms with Crippen molar-refractivity contribution in [3.05, 3.63) is 72.3 Å². The van der Waals surface area contributed by atoms with Crippen molar-refractivity contribution in [2.45, 2.75) is 0 Å². The Balaban J connectivity index is 1.57. The van der Waals surface area contributed by atoms with Crippen LogP contribution in [0.25, 0.3) is 6.08 Å². The summed E-state index contributed by atoms with van der Waals surface area (Å²) < 4.78 is 5.02. The van der Waals surface area contributed by atoms with Crippen molar-refractivity contribution in [1.29, 1.82) is 0 Å². The molecule has 1 aliphatic rings. The van der Waals surface area contributed by atoms with Crippen LogP contribution in [0.1, 0.15) is 5.56 Å². The van der Waals surface area contributed by atoms with Gasteiger partial charge in [-0.1, -0.05) is 30.0 Å². The molecular formula is C21H19N7O3S. The molecule has 0 aliphatic carbocycles. The second-order valence-corrected chi connectivity index (χ2v) is 7.73. The number of rotatable bonds is 6. The lowest BCUT2D eigenvalue weighted by atomic mass is 10.2. The highest BCUT2D eigenvalue weighted by Gasteiger charge is 2.31. The lowest BCUT2D eigenvalue weighted by molar-refractivity contribution is -0.753. The molecule has 0 saturated heterocycles. The molecule has 1 aliphatic heterocycles. The molecule has 0 atom stereocenters. The molecule has 1 aromatic carbocycles. The standard InChI is InChI=1S/C21H19N7O3S/c1-26(2)27-13-19(31-25-27)24-18(29)14-32-21-23-17(12-15-8-10-22-11-9-15)20(30)28(21)16-6-4-3-5-7-16/h3-13H,14H2,1-2H3/b17-12+. The maximum atomic E-state index is 13.1. The molecule has 0 bridgehead atoms. The van der Waals surface area contributed by atoms with E-state index < -0.39 is 5.90 Å². The number of thioether (sulfide) groups is 1. The van der Waals surface area contributed by atoms with Gasteiger partial charge in [-0.25, -0.2) is 9.98 Å². The van der Waals surface area contributed by atoms with Crippen LogP contribution in [0.4, 0.5) is 11.6 Å². The van der Waals surface area contributed by atoms with Gasteiger partial charge in [0.1, 0.15) is 5.70 Å². The number of para-hydroxylation sites is 1. The van der Waals surface area contributed by atoms with Crippen molar-refractivity contribution < 1.29 is 19.2 Å². The predicted molar refractivity (Wildman–Crippen MR) is 120 cm³/mol. The van der Waals surface area contributed by atoms with Gasteiger partial charge < -0.3 is 5.11 Å². The van der Waals surface area contributed by atoms with E-state index in [1.807, 2.05) is 30.3 Å². The normalized spacial score (nSPS) is 15.4. The topological polar surface area (TPSA) is 114 Å². The van der Waals surface area contributed by atoms with Crippen LogP contribution in [-0.2, 0) is 4.79 Å². The number of anilines is 1. The Hall–Kier alpha value is -3.99. The third kappa shape index (κ3) is 4.83. The summed E-state index contributed by atoms with van der Waals surface area (Å²) in [6.45, 7) is 0. The van der Waals surface area contributed by atoms with Crippen LogP contribution in [0.2, 0.25) is 0 Å². The molecule has 2 aromatic heterocycles. The van der Waals surface area contributed by atoms with E-state index in [-0.39, 0.29) is 23.2 Å². The molecule has 10 nitrogen and oxygen atoms in total. The summed E-state index contributed by atoms with van der Waals surface area (Å²) in [6, 6.07) is 12.7. The fourth-order valence-electron chi connectivity index (χ4n) is 2.76. The fraction of sp³-hybridized carbons (Fsp3) is 0.143. The van der Waals surface area contributed by atoms with Gasteiger partial charge >= 0.3 is 5.88 Å². The van der Waals surface area contributed by atoms with E-state index in [2.05, 4.69) is 20.2 Å². The van der Waals surface area contributed by atoms with Crippen LogP contribution in [0, 0.1) is 0 Å². The fourth-order valence-corrected chi connectivity index (χ4v) is 3.56. The summed E-state index contributed by atoms with van der Waals surface area (Å²) in [5.74, 6) is -0.651. The summed E-state index contributed by atoms with van der Waals surface area (Å²) in [5, 5.41) is 18.2. The third-order valence-electron chi connectivity index (χ3n) is 4.27. The lowest BCUT2D eigenvalue weighted by Crippen LogP contribution is -2.53. The Morgan fingerprint density at radius 3 is 2.69 bits per heavy atom. The van der Waals surface area contributed by atoms with Gasteiger partial charge in [-0.2, -0.15) is 5.01 Å². The Bertz CT molecular complexity index is 1190. The van der Waals surface area contributed by atoms with Gasteiger partial charge in [0.2, 0.25) is 5.27 Å². The smallest absolute Gasteiger partial charge is 0.324 e. The third-order valence-corrected chi connectivity index (χ3v) is 5.19. The van der Waals surface area contributed by atoms with Gasteiger partial charge in [0.15, 0.2) is 5.17 Å². The average molecular weight is 449 g/mol. The first-order valence-corrected chi connectivity index (χ1v) is 10.5. The van der Waals surface area contributed by atoms with E-state index >= 15 is 0 Å². The quantitative estimate of drug-likeness (QED) is 0.240. The molecule has 1 amide bonds. The van der Waals surface area contributed by atoms with E-state index in [1.54, 1.807) is 49.7 Å². The van der Waals surface area contributed by atoms with E-state index in [4.69, 9.17) is 4.52 Å². The van der Waals surface area contributed by atoms with E-state index in [0.717, 1.165) is 17.3 Å². The molecule has 0 fully saturated rings. The number of hydrogen-bond donors (Lipinski definition) is 0. The average Bonchev–Trinajstić information content (AvgIpc) is 3.38.